The number of hydrogen-bond acceptors (Lipinski definition) is 4. The molecule has 0 spiro atoms. The van der Waals surface area contributed by atoms with Crippen LogP contribution in [0.25, 0.3) is 5.69 Å². The number of nitrogens with one attached hydrogen (secondary N) is 1. The van der Waals surface area contributed by atoms with Gasteiger partial charge in [-0.2, -0.15) is 5.10 Å². The minimum absolute atomic E-state index is 0.0115. The largest absolute Gasteiger partial charge is 0.481 e. The number of hydrogen-bond donors (Lipinski definition) is 2. The summed E-state index contributed by atoms with van der Waals surface area (Å²) in [7, 11) is 0. The van der Waals surface area contributed by atoms with Crippen molar-refractivity contribution >= 4 is 5.91 Å². The standard InChI is InChI=1S/C19H18FN3O3/c20-16-4-1-2-5-18(16)26-13-19(25)21-12-17(24)14-6-8-15(9-7-14)23-11-3-10-22-23/h1-11,17,24H,12-13H2,(H,21,25). The zero-order valence-electron chi connectivity index (χ0n) is 13.9. The lowest BCUT2D eigenvalue weighted by Crippen LogP contribution is -2.32. The van der Waals surface area contributed by atoms with Crippen molar-refractivity contribution in [2.45, 2.75) is 6.10 Å². The smallest absolute Gasteiger partial charge is 0.258 e. The summed E-state index contributed by atoms with van der Waals surface area (Å²) in [5, 5.41) is 16.9. The van der Waals surface area contributed by atoms with E-state index in [2.05, 4.69) is 10.4 Å². The van der Waals surface area contributed by atoms with Crippen LogP contribution in [0, 0.1) is 5.82 Å². The molecular formula is C19H18FN3O3. The molecule has 1 atom stereocenters. The van der Waals surface area contributed by atoms with E-state index >= 15 is 0 Å². The van der Waals surface area contributed by atoms with Gasteiger partial charge in [0, 0.05) is 18.9 Å². The van der Waals surface area contributed by atoms with Gasteiger partial charge in [0.05, 0.1) is 11.8 Å². The van der Waals surface area contributed by atoms with Gasteiger partial charge in [-0.05, 0) is 35.9 Å². The zero-order chi connectivity index (χ0) is 18.4. The lowest BCUT2D eigenvalue weighted by atomic mass is 10.1. The van der Waals surface area contributed by atoms with Crippen LogP contribution in [0.15, 0.2) is 67.0 Å². The summed E-state index contributed by atoms with van der Waals surface area (Å²) in [5.41, 5.74) is 1.53. The molecule has 2 N–H and O–H groups in total. The summed E-state index contributed by atoms with van der Waals surface area (Å²) in [4.78, 5) is 11.8. The predicted molar refractivity (Wildman–Crippen MR) is 93.4 cm³/mol. The number of aromatic nitrogens is 2. The Morgan fingerprint density at radius 1 is 1.19 bits per heavy atom. The van der Waals surface area contributed by atoms with E-state index in [0.717, 1.165) is 5.69 Å². The van der Waals surface area contributed by atoms with Crippen molar-refractivity contribution in [2.24, 2.45) is 0 Å². The van der Waals surface area contributed by atoms with E-state index in [4.69, 9.17) is 4.74 Å². The lowest BCUT2D eigenvalue weighted by Gasteiger charge is -2.13. The Balaban J connectivity index is 1.48. The minimum atomic E-state index is -0.862. The third-order valence-corrected chi connectivity index (χ3v) is 3.73. The quantitative estimate of drug-likeness (QED) is 0.681. The average Bonchev–Trinajstić information content (AvgIpc) is 3.20. The number of rotatable bonds is 7. The Hall–Kier alpha value is -3.19. The van der Waals surface area contributed by atoms with Gasteiger partial charge in [-0.1, -0.05) is 24.3 Å². The van der Waals surface area contributed by atoms with Crippen LogP contribution in [0.2, 0.25) is 0 Å². The Labute approximate surface area is 149 Å². The molecule has 1 amide bonds. The van der Waals surface area contributed by atoms with Gasteiger partial charge in [-0.15, -0.1) is 0 Å². The van der Waals surface area contributed by atoms with Crippen LogP contribution in [0.4, 0.5) is 4.39 Å². The number of ether oxygens (including phenoxy) is 1. The molecule has 0 fully saturated rings. The number of aliphatic hydroxyl groups is 1. The maximum atomic E-state index is 13.4. The second-order valence-corrected chi connectivity index (χ2v) is 5.58. The van der Waals surface area contributed by atoms with E-state index in [0.29, 0.717) is 5.56 Å². The van der Waals surface area contributed by atoms with Crippen LogP contribution < -0.4 is 10.1 Å². The van der Waals surface area contributed by atoms with Crippen LogP contribution in [0.5, 0.6) is 5.75 Å². The fraction of sp³-hybridized carbons (Fsp3) is 0.158. The molecule has 0 aliphatic heterocycles. The molecule has 0 saturated carbocycles. The molecule has 0 bridgehead atoms. The fourth-order valence-corrected chi connectivity index (χ4v) is 2.36. The number of amides is 1. The topological polar surface area (TPSA) is 76.4 Å². The van der Waals surface area contributed by atoms with E-state index in [1.165, 1.54) is 18.2 Å². The average molecular weight is 355 g/mol. The first-order valence-corrected chi connectivity index (χ1v) is 8.05. The van der Waals surface area contributed by atoms with Gasteiger partial charge in [0.25, 0.3) is 5.91 Å². The molecule has 0 aliphatic rings. The number of benzene rings is 2. The highest BCUT2D eigenvalue weighted by atomic mass is 19.1. The fourth-order valence-electron chi connectivity index (χ4n) is 2.36. The van der Waals surface area contributed by atoms with Crippen molar-refractivity contribution in [3.8, 4) is 11.4 Å². The summed E-state index contributed by atoms with van der Waals surface area (Å²) < 4.78 is 20.2. The minimum Gasteiger partial charge on any atom is -0.481 e. The number of carbonyl (C=O) groups is 1. The monoisotopic (exact) mass is 355 g/mol. The highest BCUT2D eigenvalue weighted by molar-refractivity contribution is 5.77. The second kappa shape index (κ2) is 8.26. The maximum Gasteiger partial charge on any atom is 0.258 e. The van der Waals surface area contributed by atoms with Gasteiger partial charge in [0.15, 0.2) is 18.2 Å². The van der Waals surface area contributed by atoms with Crippen molar-refractivity contribution in [2.75, 3.05) is 13.2 Å². The maximum absolute atomic E-state index is 13.4. The Bertz CT molecular complexity index is 851. The molecule has 0 aliphatic carbocycles. The first kappa shape index (κ1) is 17.6. The zero-order valence-corrected chi connectivity index (χ0v) is 13.9. The molecule has 3 rings (SSSR count). The second-order valence-electron chi connectivity index (χ2n) is 5.58. The molecule has 1 aromatic heterocycles. The van der Waals surface area contributed by atoms with E-state index in [1.807, 2.05) is 24.4 Å². The summed E-state index contributed by atoms with van der Waals surface area (Å²) >= 11 is 0. The predicted octanol–water partition coefficient (Wildman–Crippen LogP) is 2.24. The first-order valence-electron chi connectivity index (χ1n) is 8.05. The van der Waals surface area contributed by atoms with Gasteiger partial charge in [-0.3, -0.25) is 4.79 Å². The number of carbonyl (C=O) groups excluding carboxylic acids is 1. The van der Waals surface area contributed by atoms with Gasteiger partial charge in [0.2, 0.25) is 0 Å². The molecule has 1 unspecified atom stereocenters. The van der Waals surface area contributed by atoms with Crippen molar-refractivity contribution in [1.29, 1.82) is 0 Å². The summed E-state index contributed by atoms with van der Waals surface area (Å²) in [6.07, 6.45) is 2.64. The molecular weight excluding hydrogens is 337 g/mol. The van der Waals surface area contributed by atoms with Crippen molar-refractivity contribution in [1.82, 2.24) is 15.1 Å². The highest BCUT2D eigenvalue weighted by Gasteiger charge is 2.11. The number of nitrogens with zero attached hydrogens (tertiary/aromatic N) is 2. The van der Waals surface area contributed by atoms with Crippen LogP contribution in [-0.2, 0) is 4.79 Å². The normalized spacial score (nSPS) is 11.8. The molecule has 2 aromatic carbocycles. The van der Waals surface area contributed by atoms with Crippen molar-refractivity contribution < 1.29 is 19.0 Å². The molecule has 0 saturated heterocycles. The van der Waals surface area contributed by atoms with Gasteiger partial charge in [0.1, 0.15) is 0 Å². The molecule has 134 valence electrons. The third-order valence-electron chi connectivity index (χ3n) is 3.73. The molecule has 1 heterocycles. The highest BCUT2D eigenvalue weighted by Crippen LogP contribution is 2.16. The number of para-hydroxylation sites is 1. The van der Waals surface area contributed by atoms with Crippen LogP contribution >= 0.6 is 0 Å². The SMILES string of the molecule is O=C(COc1ccccc1F)NCC(O)c1ccc(-n2cccn2)cc1. The van der Waals surface area contributed by atoms with Crippen LogP contribution in [0.1, 0.15) is 11.7 Å². The summed E-state index contributed by atoms with van der Waals surface area (Å²) in [6.45, 7) is -0.299. The molecule has 7 heteroatoms. The third kappa shape index (κ3) is 4.46. The van der Waals surface area contributed by atoms with Gasteiger partial charge in [-0.25, -0.2) is 9.07 Å². The van der Waals surface area contributed by atoms with E-state index in [9.17, 15) is 14.3 Å². The molecule has 3 aromatic rings. The summed E-state index contributed by atoms with van der Waals surface area (Å²) in [5.74, 6) is -0.963. The molecule has 26 heavy (non-hydrogen) atoms. The van der Waals surface area contributed by atoms with E-state index < -0.39 is 17.8 Å². The van der Waals surface area contributed by atoms with Crippen LogP contribution in [-0.4, -0.2) is 33.9 Å². The van der Waals surface area contributed by atoms with E-state index in [-0.39, 0.29) is 18.9 Å². The number of aliphatic hydroxyl groups excluding tert-OH is 1. The Morgan fingerprint density at radius 3 is 2.65 bits per heavy atom. The lowest BCUT2D eigenvalue weighted by molar-refractivity contribution is -0.123. The Morgan fingerprint density at radius 2 is 1.96 bits per heavy atom. The van der Waals surface area contributed by atoms with Crippen molar-refractivity contribution in [3.63, 3.8) is 0 Å². The molecule has 6 nitrogen and oxygen atoms in total. The first-order chi connectivity index (χ1) is 12.6. The molecule has 0 radical (unpaired) electrons. The summed E-state index contributed by atoms with van der Waals surface area (Å²) in [6, 6.07) is 14.9. The van der Waals surface area contributed by atoms with Gasteiger partial charge >= 0.3 is 0 Å². The number of halogens is 1. The van der Waals surface area contributed by atoms with Gasteiger partial charge < -0.3 is 15.2 Å². The van der Waals surface area contributed by atoms with Crippen LogP contribution in [0.3, 0.4) is 0 Å². The van der Waals surface area contributed by atoms with Crippen molar-refractivity contribution in [3.05, 3.63) is 78.4 Å². The Kier molecular flexibility index (Phi) is 5.60. The van der Waals surface area contributed by atoms with E-state index in [1.54, 1.807) is 29.1 Å².